The molecule has 8 aromatic carbocycles. The van der Waals surface area contributed by atoms with Gasteiger partial charge in [-0.25, -0.2) is 15.0 Å². The molecule has 3 heterocycles. The fourth-order valence-electron chi connectivity index (χ4n) is 12.8. The quantitative estimate of drug-likeness (QED) is 0.160. The van der Waals surface area contributed by atoms with E-state index in [0.717, 1.165) is 106 Å². The molecule has 0 N–H and O–H groups in total. The first-order chi connectivity index (χ1) is 33.0. The third-order valence-corrected chi connectivity index (χ3v) is 15.6. The molecule has 322 valence electrons. The summed E-state index contributed by atoms with van der Waals surface area (Å²) in [5.74, 6) is 4.32. The van der Waals surface area contributed by atoms with Gasteiger partial charge in [0, 0.05) is 27.1 Å². The van der Waals surface area contributed by atoms with E-state index >= 15 is 0 Å². The molecule has 4 aliphatic carbocycles. The van der Waals surface area contributed by atoms with E-state index in [0.29, 0.717) is 22.9 Å². The Labute approximate surface area is 389 Å². The van der Waals surface area contributed by atoms with Crippen LogP contribution in [0.25, 0.3) is 111 Å². The summed E-state index contributed by atoms with van der Waals surface area (Å²) in [5.41, 5.74) is 15.4. The summed E-state index contributed by atoms with van der Waals surface area (Å²) >= 11 is 0. The predicted octanol–water partition coefficient (Wildman–Crippen LogP) is 16.4. The maximum absolute atomic E-state index is 6.83. The Morgan fingerprint density at radius 3 is 1.54 bits per heavy atom. The van der Waals surface area contributed by atoms with Gasteiger partial charge in [-0.15, -0.1) is 0 Å². The third-order valence-electron chi connectivity index (χ3n) is 15.6. The van der Waals surface area contributed by atoms with Gasteiger partial charge < -0.3 is 8.83 Å². The summed E-state index contributed by atoms with van der Waals surface area (Å²) in [7, 11) is 0. The zero-order chi connectivity index (χ0) is 44.2. The number of aromatic nitrogens is 3. The van der Waals surface area contributed by atoms with Crippen molar-refractivity contribution in [2.45, 2.75) is 50.9 Å². The van der Waals surface area contributed by atoms with Crippen molar-refractivity contribution in [2.75, 3.05) is 0 Å². The van der Waals surface area contributed by atoms with Crippen molar-refractivity contribution >= 4 is 43.9 Å². The van der Waals surface area contributed by atoms with Crippen LogP contribution >= 0.6 is 0 Å². The molecule has 0 spiro atoms. The fourth-order valence-corrected chi connectivity index (χ4v) is 12.8. The van der Waals surface area contributed by atoms with Gasteiger partial charge >= 0.3 is 0 Å². The standard InChI is InChI=1S/C62H47N3O2/c1-37-18-20-42(21-19-37)45-29-44(41-10-3-2-4-11-41)30-47(31-45)59-63-60(52-15-9-14-51-49-12-5-7-16-55(49)66-57(51)52)65-61(64-59)54-33-46(32-53-50-13-6-8-17-56(50)67-58(53)54)43-22-24-48(25-23-43)62-34-38-26-39(35-62)28-40(27-38)36-62/h2-25,29-33,38-40H,26-28,34-36H2,1H3. The number of nitrogens with zero attached hydrogens (tertiary/aromatic N) is 3. The maximum atomic E-state index is 6.83. The van der Waals surface area contributed by atoms with Gasteiger partial charge in [-0.1, -0.05) is 133 Å². The Morgan fingerprint density at radius 2 is 0.881 bits per heavy atom. The van der Waals surface area contributed by atoms with Crippen molar-refractivity contribution in [3.8, 4) is 67.5 Å². The minimum Gasteiger partial charge on any atom is -0.455 e. The van der Waals surface area contributed by atoms with Crippen LogP contribution in [0.3, 0.4) is 0 Å². The van der Waals surface area contributed by atoms with E-state index in [1.807, 2.05) is 24.3 Å². The van der Waals surface area contributed by atoms with Crippen LogP contribution < -0.4 is 0 Å². The largest absolute Gasteiger partial charge is 0.455 e. The van der Waals surface area contributed by atoms with Crippen LogP contribution in [-0.4, -0.2) is 15.0 Å². The van der Waals surface area contributed by atoms with Gasteiger partial charge in [-0.2, -0.15) is 0 Å². The van der Waals surface area contributed by atoms with Crippen LogP contribution in [0.15, 0.2) is 185 Å². The molecule has 5 heteroatoms. The molecule has 0 amide bonds. The summed E-state index contributed by atoms with van der Waals surface area (Å²) in [6, 6.07) is 62.8. The molecule has 4 fully saturated rings. The highest BCUT2D eigenvalue weighted by Crippen LogP contribution is 2.61. The molecule has 4 saturated carbocycles. The van der Waals surface area contributed by atoms with Crippen molar-refractivity contribution in [1.29, 1.82) is 0 Å². The summed E-state index contributed by atoms with van der Waals surface area (Å²) in [4.78, 5) is 16.3. The summed E-state index contributed by atoms with van der Waals surface area (Å²) in [5, 5.41) is 4.16. The number of aryl methyl sites for hydroxylation is 1. The van der Waals surface area contributed by atoms with Crippen molar-refractivity contribution in [3.05, 3.63) is 187 Å². The summed E-state index contributed by atoms with van der Waals surface area (Å²) in [6.45, 7) is 2.12. The van der Waals surface area contributed by atoms with Gasteiger partial charge in [0.15, 0.2) is 17.5 Å². The maximum Gasteiger partial charge on any atom is 0.167 e. The highest BCUT2D eigenvalue weighted by molar-refractivity contribution is 6.11. The highest BCUT2D eigenvalue weighted by Gasteiger charge is 2.51. The van der Waals surface area contributed by atoms with Gasteiger partial charge in [0.25, 0.3) is 0 Å². The first-order valence-electron chi connectivity index (χ1n) is 24.0. The first kappa shape index (κ1) is 38.6. The second kappa shape index (κ2) is 14.9. The highest BCUT2D eigenvalue weighted by atomic mass is 16.3. The zero-order valence-electron chi connectivity index (χ0n) is 37.4. The predicted molar refractivity (Wildman–Crippen MR) is 272 cm³/mol. The molecule has 0 unspecified atom stereocenters. The monoisotopic (exact) mass is 865 g/mol. The number of furan rings is 2. The Kier molecular flexibility index (Phi) is 8.62. The van der Waals surface area contributed by atoms with Crippen LogP contribution in [0, 0.1) is 24.7 Å². The van der Waals surface area contributed by atoms with E-state index in [1.54, 1.807) is 0 Å². The van der Waals surface area contributed by atoms with E-state index in [1.165, 1.54) is 55.2 Å². The number of fused-ring (bicyclic) bond motifs is 6. The van der Waals surface area contributed by atoms with Gasteiger partial charge in [0.2, 0.25) is 0 Å². The minimum absolute atomic E-state index is 0.334. The Hall–Kier alpha value is -7.63. The lowest BCUT2D eigenvalue weighted by molar-refractivity contribution is -0.00518. The lowest BCUT2D eigenvalue weighted by Gasteiger charge is -2.57. The Bertz CT molecular complexity index is 3700. The average molecular weight is 866 g/mol. The van der Waals surface area contributed by atoms with Crippen molar-refractivity contribution in [1.82, 2.24) is 15.0 Å². The van der Waals surface area contributed by atoms with Crippen LogP contribution in [0.4, 0.5) is 0 Å². The van der Waals surface area contributed by atoms with Crippen LogP contribution in [0.5, 0.6) is 0 Å². The molecule has 4 bridgehead atoms. The van der Waals surface area contributed by atoms with Crippen molar-refractivity contribution in [2.24, 2.45) is 17.8 Å². The molecule has 11 aromatic rings. The van der Waals surface area contributed by atoms with Crippen LogP contribution in [-0.2, 0) is 5.41 Å². The summed E-state index contributed by atoms with van der Waals surface area (Å²) < 4.78 is 13.5. The first-order valence-corrected chi connectivity index (χ1v) is 24.0. The molecule has 5 nitrogen and oxygen atoms in total. The fraction of sp³-hybridized carbons (Fsp3) is 0.177. The molecule has 0 atom stereocenters. The van der Waals surface area contributed by atoms with Crippen molar-refractivity contribution < 1.29 is 8.83 Å². The van der Waals surface area contributed by atoms with Crippen molar-refractivity contribution in [3.63, 3.8) is 0 Å². The van der Waals surface area contributed by atoms with E-state index in [2.05, 4.69) is 159 Å². The topological polar surface area (TPSA) is 65.0 Å². The second-order valence-corrected chi connectivity index (χ2v) is 19.9. The molecule has 3 aromatic heterocycles. The van der Waals surface area contributed by atoms with Gasteiger partial charge in [0.05, 0.1) is 11.1 Å². The SMILES string of the molecule is Cc1ccc(-c2cc(-c3ccccc3)cc(-c3nc(-c4cccc5c4oc4ccccc45)nc(-c4cc(-c5ccc(C67CC8CC(CC(C8)C6)C7)cc5)cc5c4oc4ccccc45)n3)c2)cc1. The van der Waals surface area contributed by atoms with E-state index in [4.69, 9.17) is 23.8 Å². The number of rotatable bonds is 7. The molecule has 0 radical (unpaired) electrons. The molecule has 4 aliphatic rings. The molecule has 67 heavy (non-hydrogen) atoms. The van der Waals surface area contributed by atoms with Gasteiger partial charge in [-0.3, -0.25) is 0 Å². The molecular formula is C62H47N3O2. The second-order valence-electron chi connectivity index (χ2n) is 19.9. The van der Waals surface area contributed by atoms with E-state index < -0.39 is 0 Å². The molecule has 0 saturated heterocycles. The number of benzene rings is 8. The molecule has 15 rings (SSSR count). The van der Waals surface area contributed by atoms with Gasteiger partial charge in [-0.05, 0) is 156 Å². The Morgan fingerprint density at radius 1 is 0.388 bits per heavy atom. The molecule has 0 aliphatic heterocycles. The lowest BCUT2D eigenvalue weighted by Crippen LogP contribution is -2.48. The molecular weight excluding hydrogens is 819 g/mol. The van der Waals surface area contributed by atoms with Gasteiger partial charge in [0.1, 0.15) is 22.3 Å². The summed E-state index contributed by atoms with van der Waals surface area (Å²) in [6.07, 6.45) is 8.38. The smallest absolute Gasteiger partial charge is 0.167 e. The third kappa shape index (κ3) is 6.47. The van der Waals surface area contributed by atoms with Crippen LogP contribution in [0.1, 0.15) is 49.7 Å². The van der Waals surface area contributed by atoms with Crippen LogP contribution in [0.2, 0.25) is 0 Å². The lowest BCUT2D eigenvalue weighted by atomic mass is 9.48. The van der Waals surface area contributed by atoms with E-state index in [9.17, 15) is 0 Å². The zero-order valence-corrected chi connectivity index (χ0v) is 37.4. The number of hydrogen-bond acceptors (Lipinski definition) is 5. The average Bonchev–Trinajstić information content (AvgIpc) is 3.95. The minimum atomic E-state index is 0.334. The number of para-hydroxylation sites is 3. The Balaban J connectivity index is 0.993. The van der Waals surface area contributed by atoms with E-state index in [-0.39, 0.29) is 0 Å². The normalized spacial score (nSPS) is 19.9. The number of hydrogen-bond donors (Lipinski definition) is 0.